The Hall–Kier alpha value is -2.28. The number of hydrogen-bond donors (Lipinski definition) is 2. The van der Waals surface area contributed by atoms with Gasteiger partial charge in [-0.1, -0.05) is 18.3 Å². The van der Waals surface area contributed by atoms with Crippen LogP contribution in [0.3, 0.4) is 0 Å². The number of amides is 1. The van der Waals surface area contributed by atoms with Gasteiger partial charge in [0.05, 0.1) is 5.69 Å². The standard InChI is InChI=1S/C12H11N3O3S/c1-2-8(16)14-12-15-9(10(19-12)11(17)18)7-3-5-13-6-4-7/h3-6H,2H2,1H3,(H,17,18)(H,14,15,16). The molecule has 0 unspecified atom stereocenters. The van der Waals surface area contributed by atoms with Crippen LogP contribution in [0.1, 0.15) is 23.0 Å². The van der Waals surface area contributed by atoms with E-state index in [1.807, 2.05) is 0 Å². The number of hydrogen-bond acceptors (Lipinski definition) is 5. The molecule has 0 fully saturated rings. The lowest BCUT2D eigenvalue weighted by atomic mass is 10.2. The van der Waals surface area contributed by atoms with Gasteiger partial charge in [-0.2, -0.15) is 0 Å². The maximum Gasteiger partial charge on any atom is 0.348 e. The van der Waals surface area contributed by atoms with E-state index in [9.17, 15) is 14.7 Å². The van der Waals surface area contributed by atoms with Gasteiger partial charge in [-0.25, -0.2) is 9.78 Å². The van der Waals surface area contributed by atoms with Gasteiger partial charge in [-0.15, -0.1) is 0 Å². The molecule has 2 rings (SSSR count). The first kappa shape index (κ1) is 13.2. The van der Waals surface area contributed by atoms with Crippen LogP contribution in [0.25, 0.3) is 11.3 Å². The molecule has 0 spiro atoms. The van der Waals surface area contributed by atoms with Gasteiger partial charge in [0.15, 0.2) is 5.13 Å². The van der Waals surface area contributed by atoms with E-state index in [2.05, 4.69) is 15.3 Å². The molecule has 98 valence electrons. The Balaban J connectivity index is 2.42. The number of pyridine rings is 1. The van der Waals surface area contributed by atoms with Crippen LogP contribution in [0.2, 0.25) is 0 Å². The molecular formula is C12H11N3O3S. The molecule has 2 aromatic rings. The van der Waals surface area contributed by atoms with E-state index < -0.39 is 5.97 Å². The average Bonchev–Trinajstić information content (AvgIpc) is 2.83. The molecule has 0 bridgehead atoms. The van der Waals surface area contributed by atoms with Crippen molar-refractivity contribution < 1.29 is 14.7 Å². The summed E-state index contributed by atoms with van der Waals surface area (Å²) in [5.74, 6) is -1.27. The average molecular weight is 277 g/mol. The summed E-state index contributed by atoms with van der Waals surface area (Å²) >= 11 is 0.943. The summed E-state index contributed by atoms with van der Waals surface area (Å²) in [6, 6.07) is 3.35. The van der Waals surface area contributed by atoms with Crippen LogP contribution in [0.15, 0.2) is 24.5 Å². The molecule has 2 N–H and O–H groups in total. The normalized spacial score (nSPS) is 10.2. The molecule has 19 heavy (non-hydrogen) atoms. The Morgan fingerprint density at radius 2 is 2.05 bits per heavy atom. The Labute approximate surface area is 113 Å². The van der Waals surface area contributed by atoms with Crippen molar-refractivity contribution in [2.75, 3.05) is 5.32 Å². The fourth-order valence-corrected chi connectivity index (χ4v) is 2.27. The highest BCUT2D eigenvalue weighted by Gasteiger charge is 2.19. The number of carbonyl (C=O) groups is 2. The van der Waals surface area contributed by atoms with Crippen molar-refractivity contribution >= 4 is 28.3 Å². The van der Waals surface area contributed by atoms with Gasteiger partial charge in [-0.3, -0.25) is 9.78 Å². The Morgan fingerprint density at radius 3 is 2.63 bits per heavy atom. The Morgan fingerprint density at radius 1 is 1.37 bits per heavy atom. The lowest BCUT2D eigenvalue weighted by molar-refractivity contribution is -0.115. The second-order valence-electron chi connectivity index (χ2n) is 3.64. The van der Waals surface area contributed by atoms with E-state index in [0.29, 0.717) is 17.7 Å². The number of anilines is 1. The largest absolute Gasteiger partial charge is 0.477 e. The summed E-state index contributed by atoms with van der Waals surface area (Å²) in [5.41, 5.74) is 0.993. The van der Waals surface area contributed by atoms with Gasteiger partial charge in [-0.05, 0) is 12.1 Å². The summed E-state index contributed by atoms with van der Waals surface area (Å²) in [5, 5.41) is 12.0. The van der Waals surface area contributed by atoms with Crippen LogP contribution >= 0.6 is 11.3 Å². The maximum absolute atomic E-state index is 11.3. The Kier molecular flexibility index (Phi) is 3.86. The van der Waals surface area contributed by atoms with Crippen molar-refractivity contribution in [3.8, 4) is 11.3 Å². The number of nitrogens with zero attached hydrogens (tertiary/aromatic N) is 2. The van der Waals surface area contributed by atoms with Crippen LogP contribution in [0, 0.1) is 0 Å². The number of nitrogens with one attached hydrogen (secondary N) is 1. The van der Waals surface area contributed by atoms with Gasteiger partial charge >= 0.3 is 5.97 Å². The highest BCUT2D eigenvalue weighted by molar-refractivity contribution is 7.18. The number of aromatic nitrogens is 2. The summed E-state index contributed by atoms with van der Waals surface area (Å²) < 4.78 is 0. The Bertz CT molecular complexity index is 610. The fraction of sp³-hybridized carbons (Fsp3) is 0.167. The molecule has 0 aromatic carbocycles. The second-order valence-corrected chi connectivity index (χ2v) is 4.64. The molecule has 0 atom stereocenters. The van der Waals surface area contributed by atoms with Crippen LogP contribution in [-0.2, 0) is 4.79 Å². The quantitative estimate of drug-likeness (QED) is 0.894. The molecule has 0 radical (unpaired) electrons. The number of carbonyl (C=O) groups excluding carboxylic acids is 1. The molecule has 6 nitrogen and oxygen atoms in total. The molecular weight excluding hydrogens is 266 g/mol. The second kappa shape index (κ2) is 5.57. The van der Waals surface area contributed by atoms with E-state index >= 15 is 0 Å². The van der Waals surface area contributed by atoms with E-state index in [0.717, 1.165) is 11.3 Å². The summed E-state index contributed by atoms with van der Waals surface area (Å²) in [7, 11) is 0. The number of carboxylic acids is 1. The molecule has 2 aromatic heterocycles. The summed E-state index contributed by atoms with van der Waals surface area (Å²) in [4.78, 5) is 30.6. The minimum atomic E-state index is -1.07. The van der Waals surface area contributed by atoms with Gasteiger partial charge in [0.25, 0.3) is 0 Å². The van der Waals surface area contributed by atoms with E-state index in [-0.39, 0.29) is 15.9 Å². The summed E-state index contributed by atoms with van der Waals surface area (Å²) in [6.07, 6.45) is 3.43. The van der Waals surface area contributed by atoms with Gasteiger partial charge in [0.2, 0.25) is 5.91 Å². The van der Waals surface area contributed by atoms with Crippen molar-refractivity contribution in [2.24, 2.45) is 0 Å². The smallest absolute Gasteiger partial charge is 0.348 e. The van der Waals surface area contributed by atoms with Gasteiger partial charge in [0.1, 0.15) is 4.88 Å². The van der Waals surface area contributed by atoms with Crippen LogP contribution in [-0.4, -0.2) is 27.0 Å². The highest BCUT2D eigenvalue weighted by Crippen LogP contribution is 2.30. The third-order valence-corrected chi connectivity index (χ3v) is 3.30. The fourth-order valence-electron chi connectivity index (χ4n) is 1.43. The minimum Gasteiger partial charge on any atom is -0.477 e. The SMILES string of the molecule is CCC(=O)Nc1nc(-c2ccncc2)c(C(=O)O)s1. The molecule has 1 amide bonds. The number of rotatable bonds is 4. The molecule has 0 aliphatic carbocycles. The van der Waals surface area contributed by atoms with Gasteiger partial charge in [0, 0.05) is 24.4 Å². The molecule has 0 saturated carbocycles. The number of carboxylic acid groups (broad SMARTS) is 1. The van der Waals surface area contributed by atoms with Gasteiger partial charge < -0.3 is 10.4 Å². The van der Waals surface area contributed by atoms with Crippen molar-refractivity contribution in [2.45, 2.75) is 13.3 Å². The van der Waals surface area contributed by atoms with Crippen molar-refractivity contribution in [1.29, 1.82) is 0 Å². The molecule has 7 heteroatoms. The third kappa shape index (κ3) is 2.94. The predicted molar refractivity (Wildman–Crippen MR) is 71.2 cm³/mol. The number of aromatic carboxylic acids is 1. The van der Waals surface area contributed by atoms with Crippen LogP contribution in [0.4, 0.5) is 5.13 Å². The van der Waals surface area contributed by atoms with Crippen LogP contribution < -0.4 is 5.32 Å². The minimum absolute atomic E-state index is 0.0950. The first-order valence-electron chi connectivity index (χ1n) is 5.56. The summed E-state index contributed by atoms with van der Waals surface area (Å²) in [6.45, 7) is 1.71. The zero-order valence-electron chi connectivity index (χ0n) is 10.1. The molecule has 0 saturated heterocycles. The van der Waals surface area contributed by atoms with Crippen LogP contribution in [0.5, 0.6) is 0 Å². The first-order valence-corrected chi connectivity index (χ1v) is 6.37. The maximum atomic E-state index is 11.3. The van der Waals surface area contributed by atoms with E-state index in [1.54, 1.807) is 31.5 Å². The van der Waals surface area contributed by atoms with Crippen molar-refractivity contribution in [3.05, 3.63) is 29.4 Å². The first-order chi connectivity index (χ1) is 9.11. The third-order valence-electron chi connectivity index (χ3n) is 2.34. The topological polar surface area (TPSA) is 92.2 Å². The highest BCUT2D eigenvalue weighted by atomic mass is 32.1. The molecule has 0 aliphatic heterocycles. The zero-order chi connectivity index (χ0) is 13.8. The molecule has 2 heterocycles. The van der Waals surface area contributed by atoms with Crippen molar-refractivity contribution in [1.82, 2.24) is 9.97 Å². The van der Waals surface area contributed by atoms with E-state index in [4.69, 9.17) is 0 Å². The lowest BCUT2D eigenvalue weighted by Gasteiger charge is -1.97. The van der Waals surface area contributed by atoms with E-state index in [1.165, 1.54) is 0 Å². The predicted octanol–water partition coefficient (Wildman–Crippen LogP) is 2.25. The lowest BCUT2D eigenvalue weighted by Crippen LogP contribution is -2.08. The monoisotopic (exact) mass is 277 g/mol. The molecule has 0 aliphatic rings. The zero-order valence-corrected chi connectivity index (χ0v) is 10.9. The number of thiazole rings is 1. The van der Waals surface area contributed by atoms with Crippen molar-refractivity contribution in [3.63, 3.8) is 0 Å².